The van der Waals surface area contributed by atoms with Gasteiger partial charge in [-0.05, 0) is 112 Å². The first-order valence-electron chi connectivity index (χ1n) is 11.8. The molecule has 0 saturated heterocycles. The van der Waals surface area contributed by atoms with E-state index < -0.39 is 0 Å². The highest BCUT2D eigenvalue weighted by Crippen LogP contribution is 2.47. The first-order chi connectivity index (χ1) is 14.3. The van der Waals surface area contributed by atoms with Gasteiger partial charge in [0.05, 0.1) is 12.7 Å². The number of benzene rings is 1. The monoisotopic (exact) mass is 394 g/mol. The molecule has 158 valence electrons. The maximum atomic E-state index is 6.09. The molecule has 5 unspecified atom stereocenters. The zero-order chi connectivity index (χ0) is 20.1. The van der Waals surface area contributed by atoms with Crippen molar-refractivity contribution >= 4 is 0 Å². The van der Waals surface area contributed by atoms with Crippen LogP contribution in [0.2, 0.25) is 0 Å². The second-order valence-corrected chi connectivity index (χ2v) is 9.46. The average molecular weight is 395 g/mol. The minimum atomic E-state index is 0.503. The lowest BCUT2D eigenvalue weighted by Crippen LogP contribution is -2.37. The lowest BCUT2D eigenvalue weighted by Gasteiger charge is -2.44. The summed E-state index contributed by atoms with van der Waals surface area (Å²) in [6, 6.07) is 6.73. The predicted octanol–water partition coefficient (Wildman–Crippen LogP) is 6.53. The molecule has 5 atom stereocenters. The Labute approximate surface area is 177 Å². The number of hydrogen-bond acceptors (Lipinski definition) is 2. The molecule has 0 amide bonds. The fourth-order valence-corrected chi connectivity index (χ4v) is 6.16. The van der Waals surface area contributed by atoms with E-state index >= 15 is 0 Å². The van der Waals surface area contributed by atoms with Gasteiger partial charge in [0.2, 0.25) is 0 Å². The van der Waals surface area contributed by atoms with Gasteiger partial charge in [0.15, 0.2) is 0 Å². The molecule has 2 heteroatoms. The zero-order valence-corrected chi connectivity index (χ0v) is 18.2. The molecule has 0 bridgehead atoms. The van der Waals surface area contributed by atoms with E-state index in [1.165, 1.54) is 63.4 Å². The second kappa shape index (κ2) is 9.98. The van der Waals surface area contributed by atoms with Gasteiger partial charge in [-0.3, -0.25) is 0 Å². The van der Waals surface area contributed by atoms with Crippen LogP contribution in [0.1, 0.15) is 63.0 Å². The van der Waals surface area contributed by atoms with Crippen LogP contribution < -0.4 is 4.74 Å². The molecule has 2 saturated carbocycles. The number of hydrogen-bond donors (Lipinski definition) is 0. The predicted molar refractivity (Wildman–Crippen MR) is 120 cm³/mol. The Balaban J connectivity index is 1.30. The Morgan fingerprint density at radius 3 is 2.55 bits per heavy atom. The normalized spacial score (nSPS) is 31.8. The standard InChI is InChI=1S/C27H38O2/c1-3-5-15-29-27-13-11-23-17-21(7-9-25(23)19-27)20-6-8-24-18-26(28-14-4-2)12-10-22(24)16-20/h3-5,10,12,18,20-21,23,25,27H,2,6-9,11,13-17,19H2,1H3. The summed E-state index contributed by atoms with van der Waals surface area (Å²) in [6.07, 6.45) is 18.7. The number of rotatable bonds is 7. The molecule has 29 heavy (non-hydrogen) atoms. The fraction of sp³-hybridized carbons (Fsp3) is 0.630. The molecule has 0 aromatic heterocycles. The topological polar surface area (TPSA) is 18.5 Å². The molecule has 0 N–H and O–H groups in total. The Kier molecular flexibility index (Phi) is 7.13. The quantitative estimate of drug-likeness (QED) is 0.489. The summed E-state index contributed by atoms with van der Waals surface area (Å²) >= 11 is 0. The van der Waals surface area contributed by atoms with Crippen LogP contribution in [0.3, 0.4) is 0 Å². The molecular weight excluding hydrogens is 356 g/mol. The van der Waals surface area contributed by atoms with Crippen molar-refractivity contribution in [2.75, 3.05) is 13.2 Å². The number of fused-ring (bicyclic) bond motifs is 2. The summed E-state index contributed by atoms with van der Waals surface area (Å²) < 4.78 is 11.8. The maximum absolute atomic E-state index is 6.09. The van der Waals surface area contributed by atoms with Crippen molar-refractivity contribution in [3.8, 4) is 5.75 Å². The van der Waals surface area contributed by atoms with Crippen LogP contribution in [-0.4, -0.2) is 19.3 Å². The van der Waals surface area contributed by atoms with E-state index in [0.29, 0.717) is 12.7 Å². The Hall–Kier alpha value is -1.54. The lowest BCUT2D eigenvalue weighted by molar-refractivity contribution is -0.0138. The van der Waals surface area contributed by atoms with Gasteiger partial charge < -0.3 is 9.47 Å². The molecule has 1 aromatic carbocycles. The van der Waals surface area contributed by atoms with Gasteiger partial charge in [0.1, 0.15) is 12.4 Å². The number of allylic oxidation sites excluding steroid dienone is 1. The molecule has 2 fully saturated rings. The third-order valence-corrected chi connectivity index (χ3v) is 7.75. The van der Waals surface area contributed by atoms with Crippen molar-refractivity contribution in [1.29, 1.82) is 0 Å². The van der Waals surface area contributed by atoms with Gasteiger partial charge in [0, 0.05) is 0 Å². The lowest BCUT2D eigenvalue weighted by atomic mass is 9.62. The van der Waals surface area contributed by atoms with E-state index in [2.05, 4.69) is 43.9 Å². The summed E-state index contributed by atoms with van der Waals surface area (Å²) in [5, 5.41) is 0. The first kappa shape index (κ1) is 20.7. The molecule has 0 heterocycles. The Bertz CT molecular complexity index is 706. The molecule has 2 nitrogen and oxygen atoms in total. The van der Waals surface area contributed by atoms with Crippen molar-refractivity contribution in [2.24, 2.45) is 23.7 Å². The van der Waals surface area contributed by atoms with Crippen LogP contribution in [0.15, 0.2) is 43.0 Å². The van der Waals surface area contributed by atoms with E-state index in [-0.39, 0.29) is 0 Å². The highest BCUT2D eigenvalue weighted by atomic mass is 16.5. The van der Waals surface area contributed by atoms with Gasteiger partial charge >= 0.3 is 0 Å². The molecular formula is C27H38O2. The SMILES string of the molecule is C=CCOc1ccc2c(c1)CCC(C1CCC3CC(OCC=CC)CCC3C1)C2. The van der Waals surface area contributed by atoms with Crippen molar-refractivity contribution in [2.45, 2.75) is 70.8 Å². The smallest absolute Gasteiger partial charge is 0.120 e. The Morgan fingerprint density at radius 2 is 1.72 bits per heavy atom. The van der Waals surface area contributed by atoms with Crippen LogP contribution in [-0.2, 0) is 17.6 Å². The third kappa shape index (κ3) is 5.15. The summed E-state index contributed by atoms with van der Waals surface area (Å²) in [5.41, 5.74) is 3.07. The van der Waals surface area contributed by atoms with Crippen LogP contribution in [0.4, 0.5) is 0 Å². The summed E-state index contributed by atoms with van der Waals surface area (Å²) in [4.78, 5) is 0. The third-order valence-electron chi connectivity index (χ3n) is 7.75. The molecule has 0 radical (unpaired) electrons. The van der Waals surface area contributed by atoms with E-state index in [0.717, 1.165) is 36.0 Å². The number of aryl methyl sites for hydroxylation is 1. The maximum Gasteiger partial charge on any atom is 0.120 e. The van der Waals surface area contributed by atoms with Crippen molar-refractivity contribution in [3.05, 3.63) is 54.1 Å². The fourth-order valence-electron chi connectivity index (χ4n) is 6.16. The van der Waals surface area contributed by atoms with Crippen LogP contribution in [0.25, 0.3) is 0 Å². The molecule has 4 rings (SSSR count). The highest BCUT2D eigenvalue weighted by molar-refractivity contribution is 5.37. The molecule has 0 aliphatic heterocycles. The molecule has 3 aliphatic rings. The highest BCUT2D eigenvalue weighted by Gasteiger charge is 2.38. The van der Waals surface area contributed by atoms with E-state index in [1.54, 1.807) is 5.56 Å². The van der Waals surface area contributed by atoms with Crippen LogP contribution >= 0.6 is 0 Å². The Morgan fingerprint density at radius 1 is 0.931 bits per heavy atom. The van der Waals surface area contributed by atoms with Gasteiger partial charge in [-0.15, -0.1) is 0 Å². The summed E-state index contributed by atoms with van der Waals surface area (Å²) in [5.74, 6) is 4.67. The summed E-state index contributed by atoms with van der Waals surface area (Å²) in [7, 11) is 0. The molecule has 3 aliphatic carbocycles. The van der Waals surface area contributed by atoms with Crippen molar-refractivity contribution in [1.82, 2.24) is 0 Å². The second-order valence-electron chi connectivity index (χ2n) is 9.46. The largest absolute Gasteiger partial charge is 0.490 e. The zero-order valence-electron chi connectivity index (χ0n) is 18.2. The number of ether oxygens (including phenoxy) is 2. The molecule has 1 aromatic rings. The molecule has 0 spiro atoms. The minimum Gasteiger partial charge on any atom is -0.490 e. The van der Waals surface area contributed by atoms with Crippen molar-refractivity contribution < 1.29 is 9.47 Å². The van der Waals surface area contributed by atoms with Gasteiger partial charge in [-0.25, -0.2) is 0 Å². The van der Waals surface area contributed by atoms with Crippen LogP contribution in [0.5, 0.6) is 5.75 Å². The first-order valence-corrected chi connectivity index (χ1v) is 11.8. The van der Waals surface area contributed by atoms with Gasteiger partial charge in [0.25, 0.3) is 0 Å². The van der Waals surface area contributed by atoms with Crippen LogP contribution in [0, 0.1) is 23.7 Å². The van der Waals surface area contributed by atoms with E-state index in [4.69, 9.17) is 9.47 Å². The van der Waals surface area contributed by atoms with E-state index in [1.807, 2.05) is 6.08 Å². The van der Waals surface area contributed by atoms with Gasteiger partial charge in [-0.2, -0.15) is 0 Å². The van der Waals surface area contributed by atoms with E-state index in [9.17, 15) is 0 Å². The average Bonchev–Trinajstić information content (AvgIpc) is 2.77. The van der Waals surface area contributed by atoms with Crippen molar-refractivity contribution in [3.63, 3.8) is 0 Å². The minimum absolute atomic E-state index is 0.503. The van der Waals surface area contributed by atoms with Gasteiger partial charge in [-0.1, -0.05) is 30.9 Å². The summed E-state index contributed by atoms with van der Waals surface area (Å²) in [6.45, 7) is 7.20.